The van der Waals surface area contributed by atoms with Crippen LogP contribution in [0.4, 0.5) is 11.6 Å². The predicted octanol–water partition coefficient (Wildman–Crippen LogP) is 1.47. The van der Waals surface area contributed by atoms with Crippen molar-refractivity contribution in [3.8, 4) is 0 Å². The van der Waals surface area contributed by atoms with E-state index < -0.39 is 0 Å². The van der Waals surface area contributed by atoms with Crippen LogP contribution >= 0.6 is 0 Å². The molecule has 0 aliphatic heterocycles. The van der Waals surface area contributed by atoms with E-state index in [4.69, 9.17) is 5.73 Å². The van der Waals surface area contributed by atoms with E-state index in [-0.39, 0.29) is 22.7 Å². The highest BCUT2D eigenvalue weighted by Gasteiger charge is 2.06. The minimum Gasteiger partial charge on any atom is -0.379 e. The topological polar surface area (TPSA) is 110 Å². The van der Waals surface area contributed by atoms with E-state index in [0.29, 0.717) is 12.2 Å². The highest BCUT2D eigenvalue weighted by Crippen LogP contribution is 2.11. The van der Waals surface area contributed by atoms with Crippen LogP contribution in [0, 0.1) is 0 Å². The summed E-state index contributed by atoms with van der Waals surface area (Å²) < 4.78 is 0. The highest BCUT2D eigenvalue weighted by molar-refractivity contribution is 5.69. The lowest BCUT2D eigenvalue weighted by molar-refractivity contribution is 1.02. The maximum Gasteiger partial charge on any atom is 0.280 e. The molecule has 22 heavy (non-hydrogen) atoms. The molecule has 4 N–H and O–H groups in total. The van der Waals surface area contributed by atoms with Crippen molar-refractivity contribution in [1.82, 2.24) is 19.9 Å². The summed E-state index contributed by atoms with van der Waals surface area (Å²) in [4.78, 5) is 26.6. The molecule has 0 bridgehead atoms. The Labute approximate surface area is 126 Å². The van der Waals surface area contributed by atoms with Gasteiger partial charge in [0.2, 0.25) is 5.95 Å². The van der Waals surface area contributed by atoms with Crippen LogP contribution in [0.15, 0.2) is 35.3 Å². The van der Waals surface area contributed by atoms with E-state index in [9.17, 15) is 4.79 Å². The molecule has 1 aromatic carbocycles. The number of aromatic nitrogens is 4. The monoisotopic (exact) mass is 296 g/mol. The third kappa shape index (κ3) is 2.88. The Balaban J connectivity index is 1.80. The van der Waals surface area contributed by atoms with Crippen molar-refractivity contribution in [2.75, 3.05) is 11.1 Å². The van der Waals surface area contributed by atoms with Gasteiger partial charge < -0.3 is 11.1 Å². The molecular weight excluding hydrogens is 280 g/mol. The number of hydrogen-bond acceptors (Lipinski definition) is 6. The first kappa shape index (κ1) is 14.0. The molecule has 7 heteroatoms. The number of nitrogens with zero attached hydrogens (tertiary/aromatic N) is 3. The molecule has 0 fully saturated rings. The van der Waals surface area contributed by atoms with Gasteiger partial charge in [-0.1, -0.05) is 19.1 Å². The molecule has 0 saturated carbocycles. The Morgan fingerprint density at radius 2 is 2.00 bits per heavy atom. The molecule has 0 aliphatic carbocycles. The fourth-order valence-electron chi connectivity index (χ4n) is 2.11. The lowest BCUT2D eigenvalue weighted by Crippen LogP contribution is -2.15. The molecule has 112 valence electrons. The first-order valence-corrected chi connectivity index (χ1v) is 7.00. The van der Waals surface area contributed by atoms with Gasteiger partial charge in [-0.05, 0) is 24.1 Å². The minimum atomic E-state index is -0.385. The number of H-pyrrole nitrogens is 1. The van der Waals surface area contributed by atoms with Gasteiger partial charge >= 0.3 is 0 Å². The molecule has 3 aromatic rings. The van der Waals surface area contributed by atoms with Crippen molar-refractivity contribution in [3.05, 3.63) is 52.1 Å². The number of benzene rings is 1. The molecule has 0 aliphatic rings. The zero-order chi connectivity index (χ0) is 15.5. The van der Waals surface area contributed by atoms with Crippen molar-refractivity contribution in [3.63, 3.8) is 0 Å². The number of rotatable bonds is 4. The van der Waals surface area contributed by atoms with Crippen LogP contribution < -0.4 is 16.6 Å². The van der Waals surface area contributed by atoms with E-state index in [1.54, 1.807) is 6.20 Å². The molecular formula is C15H16N6O. The molecule has 0 amide bonds. The number of hydrogen-bond donors (Lipinski definition) is 3. The van der Waals surface area contributed by atoms with Gasteiger partial charge in [-0.3, -0.25) is 9.78 Å². The van der Waals surface area contributed by atoms with Crippen molar-refractivity contribution in [1.29, 1.82) is 0 Å². The van der Waals surface area contributed by atoms with Gasteiger partial charge in [0.15, 0.2) is 11.2 Å². The van der Waals surface area contributed by atoms with Crippen LogP contribution in [0.2, 0.25) is 0 Å². The normalized spacial score (nSPS) is 10.8. The zero-order valence-electron chi connectivity index (χ0n) is 12.1. The Hall–Kier alpha value is -2.96. The number of aromatic amines is 1. The molecule has 3 rings (SSSR count). The van der Waals surface area contributed by atoms with Crippen LogP contribution in [0.25, 0.3) is 11.2 Å². The number of aryl methyl sites for hydroxylation is 1. The molecule has 7 nitrogen and oxygen atoms in total. The van der Waals surface area contributed by atoms with E-state index in [1.807, 2.05) is 12.1 Å². The van der Waals surface area contributed by atoms with Crippen LogP contribution in [0.1, 0.15) is 18.2 Å². The first-order valence-electron chi connectivity index (χ1n) is 7.00. The molecule has 0 spiro atoms. The molecule has 0 unspecified atom stereocenters. The third-order valence-electron chi connectivity index (χ3n) is 3.32. The molecule has 2 heterocycles. The van der Waals surface area contributed by atoms with Crippen molar-refractivity contribution >= 4 is 22.8 Å². The van der Waals surface area contributed by atoms with Crippen LogP contribution in [-0.4, -0.2) is 19.9 Å². The van der Waals surface area contributed by atoms with Crippen LogP contribution in [0.3, 0.4) is 0 Å². The highest BCUT2D eigenvalue weighted by atomic mass is 16.1. The predicted molar refractivity (Wildman–Crippen MR) is 85.5 cm³/mol. The third-order valence-corrected chi connectivity index (χ3v) is 3.32. The van der Waals surface area contributed by atoms with Crippen molar-refractivity contribution in [2.24, 2.45) is 0 Å². The van der Waals surface area contributed by atoms with E-state index >= 15 is 0 Å². The van der Waals surface area contributed by atoms with Gasteiger partial charge in [0.05, 0.1) is 18.4 Å². The summed E-state index contributed by atoms with van der Waals surface area (Å²) in [7, 11) is 0. The number of nitrogen functional groups attached to an aromatic ring is 1. The van der Waals surface area contributed by atoms with Gasteiger partial charge in [-0.25, -0.2) is 9.97 Å². The van der Waals surface area contributed by atoms with Gasteiger partial charge in [0, 0.05) is 5.69 Å². The maximum absolute atomic E-state index is 11.8. The largest absolute Gasteiger partial charge is 0.379 e. The number of nitrogens with one attached hydrogen (secondary N) is 2. The Kier molecular flexibility index (Phi) is 3.69. The summed E-state index contributed by atoms with van der Waals surface area (Å²) in [5.74, 6) is 0.0358. The van der Waals surface area contributed by atoms with Crippen molar-refractivity contribution < 1.29 is 0 Å². The minimum absolute atomic E-state index is 0.0358. The summed E-state index contributed by atoms with van der Waals surface area (Å²) in [6.07, 6.45) is 2.59. The van der Waals surface area contributed by atoms with Crippen LogP contribution in [-0.2, 0) is 13.0 Å². The van der Waals surface area contributed by atoms with E-state index in [0.717, 1.165) is 12.1 Å². The first-order chi connectivity index (χ1) is 10.7. The summed E-state index contributed by atoms with van der Waals surface area (Å²) in [5, 5.41) is 3.25. The lowest BCUT2D eigenvalue weighted by Gasteiger charge is -2.07. The van der Waals surface area contributed by atoms with Gasteiger partial charge in [-0.2, -0.15) is 4.98 Å². The summed E-state index contributed by atoms with van der Waals surface area (Å²) in [5.41, 5.74) is 8.46. The maximum atomic E-state index is 11.8. The quantitative estimate of drug-likeness (QED) is 0.672. The summed E-state index contributed by atoms with van der Waals surface area (Å²) in [6, 6.07) is 8.18. The molecule has 0 atom stereocenters. The second kappa shape index (κ2) is 5.80. The fourth-order valence-corrected chi connectivity index (χ4v) is 2.11. The average molecular weight is 296 g/mol. The average Bonchev–Trinajstić information content (AvgIpc) is 2.53. The smallest absolute Gasteiger partial charge is 0.280 e. The summed E-state index contributed by atoms with van der Waals surface area (Å²) >= 11 is 0. The summed E-state index contributed by atoms with van der Waals surface area (Å²) in [6.45, 7) is 2.59. The van der Waals surface area contributed by atoms with E-state index in [2.05, 4.69) is 44.3 Å². The molecule has 2 aromatic heterocycles. The Morgan fingerprint density at radius 3 is 2.73 bits per heavy atom. The standard InChI is InChI=1S/C15H16N6O/c1-2-9-3-5-10(6-4-9)17-7-11-8-18-13-12(19-11)14(22)21-15(16)20-13/h3-6,8,17H,2,7H2,1H3,(H3,16,18,20,21,22). The van der Waals surface area contributed by atoms with E-state index in [1.165, 1.54) is 5.56 Å². The SMILES string of the molecule is CCc1ccc(NCc2cnc3nc(N)[nH]c(=O)c3n2)cc1. The number of anilines is 2. The fraction of sp³-hybridized carbons (Fsp3) is 0.200. The number of nitrogens with two attached hydrogens (primary N) is 1. The second-order valence-electron chi connectivity index (χ2n) is 4.89. The lowest BCUT2D eigenvalue weighted by atomic mass is 10.1. The second-order valence-corrected chi connectivity index (χ2v) is 4.89. The Bertz CT molecular complexity index is 856. The van der Waals surface area contributed by atoms with Gasteiger partial charge in [0.1, 0.15) is 0 Å². The Morgan fingerprint density at radius 1 is 1.23 bits per heavy atom. The molecule has 0 saturated heterocycles. The number of fused-ring (bicyclic) bond motifs is 1. The van der Waals surface area contributed by atoms with Crippen molar-refractivity contribution in [2.45, 2.75) is 19.9 Å². The van der Waals surface area contributed by atoms with Crippen LogP contribution in [0.5, 0.6) is 0 Å². The zero-order valence-corrected chi connectivity index (χ0v) is 12.1. The van der Waals surface area contributed by atoms with Gasteiger partial charge in [0.25, 0.3) is 5.56 Å². The van der Waals surface area contributed by atoms with Gasteiger partial charge in [-0.15, -0.1) is 0 Å². The molecule has 0 radical (unpaired) electrons.